The molecule has 3 N–H and O–H groups in total. The zero-order chi connectivity index (χ0) is 17.3. The van der Waals surface area contributed by atoms with Crippen LogP contribution in [0.15, 0.2) is 16.9 Å². The molecule has 130 valence electrons. The molecule has 2 aromatic rings. The molecule has 1 fully saturated rings. The maximum Gasteiger partial charge on any atom is 0.226 e. The molecule has 3 rings (SSSR count). The molecule has 1 aliphatic rings. The molecule has 3 heterocycles. The van der Waals surface area contributed by atoms with Crippen molar-refractivity contribution in [3.63, 3.8) is 0 Å². The van der Waals surface area contributed by atoms with E-state index in [9.17, 15) is 4.79 Å². The molecule has 0 saturated carbocycles. The van der Waals surface area contributed by atoms with Crippen molar-refractivity contribution in [2.75, 3.05) is 30.4 Å². The van der Waals surface area contributed by atoms with E-state index in [0.717, 1.165) is 46.4 Å². The zero-order valence-corrected chi connectivity index (χ0v) is 15.9. The number of carbonyl (C=O) groups is 1. The largest absolute Gasteiger partial charge is 0.368 e. The summed E-state index contributed by atoms with van der Waals surface area (Å²) in [6.45, 7) is 5.72. The number of likely N-dealkylation sites (N-methyl/N-ethyl adjacent to an activating group) is 1. The van der Waals surface area contributed by atoms with Crippen LogP contribution in [0.5, 0.6) is 0 Å². The van der Waals surface area contributed by atoms with Crippen LogP contribution in [0.4, 0.5) is 11.4 Å². The fraction of sp³-hybridized carbons (Fsp3) is 0.529. The predicted molar refractivity (Wildman–Crippen MR) is 102 cm³/mol. The average molecular weight is 394 g/mol. The second-order valence-electron chi connectivity index (χ2n) is 6.60. The molecule has 24 heavy (non-hydrogen) atoms. The van der Waals surface area contributed by atoms with E-state index in [1.807, 2.05) is 33.3 Å². The summed E-state index contributed by atoms with van der Waals surface area (Å²) in [4.78, 5) is 22.1. The van der Waals surface area contributed by atoms with Crippen LogP contribution in [0.2, 0.25) is 0 Å². The molecule has 7 heteroatoms. The fourth-order valence-corrected chi connectivity index (χ4v) is 3.71. The Balaban J connectivity index is 2.04. The Morgan fingerprint density at radius 1 is 1.50 bits per heavy atom. The number of piperidine rings is 1. The smallest absolute Gasteiger partial charge is 0.226 e. The standard InChI is InChI=1S/C17H24BrN5O/c1-10(2)17(24)22-13-8-21-16-14(13)15(12(18)7-20-16)23-6-4-5-11(9-23)19-3/h7-8,10-11,19H,4-6,9H2,1-3H3,(H,20,21)(H,22,24). The maximum absolute atomic E-state index is 12.1. The van der Waals surface area contributed by atoms with Crippen LogP contribution in [0.25, 0.3) is 11.0 Å². The monoisotopic (exact) mass is 393 g/mol. The summed E-state index contributed by atoms with van der Waals surface area (Å²) in [6, 6.07) is 0.474. The highest BCUT2D eigenvalue weighted by atomic mass is 79.9. The summed E-state index contributed by atoms with van der Waals surface area (Å²) in [6.07, 6.45) is 5.97. The number of amides is 1. The SMILES string of the molecule is CNC1CCCN(c2c(Br)cnc3[nH]cc(NC(=O)C(C)C)c23)C1. The highest BCUT2D eigenvalue weighted by molar-refractivity contribution is 9.10. The van der Waals surface area contributed by atoms with Crippen molar-refractivity contribution in [2.24, 2.45) is 5.92 Å². The normalized spacial score (nSPS) is 18.4. The third-order valence-corrected chi connectivity index (χ3v) is 5.14. The van der Waals surface area contributed by atoms with E-state index in [-0.39, 0.29) is 11.8 Å². The van der Waals surface area contributed by atoms with Crippen molar-refractivity contribution < 1.29 is 4.79 Å². The number of rotatable bonds is 4. The molecule has 1 atom stereocenters. The van der Waals surface area contributed by atoms with Gasteiger partial charge in [-0.3, -0.25) is 4.79 Å². The van der Waals surface area contributed by atoms with E-state index in [1.54, 1.807) is 0 Å². The Kier molecular flexibility index (Phi) is 5.10. The molecular formula is C17H24BrN5O. The van der Waals surface area contributed by atoms with Crippen molar-refractivity contribution in [3.05, 3.63) is 16.9 Å². The number of nitrogens with zero attached hydrogens (tertiary/aromatic N) is 2. The molecule has 1 saturated heterocycles. The van der Waals surface area contributed by atoms with Crippen molar-refractivity contribution in [1.29, 1.82) is 0 Å². The Labute approximate surface area is 150 Å². The van der Waals surface area contributed by atoms with Gasteiger partial charge in [0, 0.05) is 37.4 Å². The Morgan fingerprint density at radius 3 is 3.00 bits per heavy atom. The topological polar surface area (TPSA) is 73.1 Å². The second kappa shape index (κ2) is 7.11. The number of hydrogen-bond donors (Lipinski definition) is 3. The zero-order valence-electron chi connectivity index (χ0n) is 14.3. The van der Waals surface area contributed by atoms with Gasteiger partial charge < -0.3 is 20.5 Å². The Morgan fingerprint density at radius 2 is 2.29 bits per heavy atom. The molecule has 2 aromatic heterocycles. The summed E-state index contributed by atoms with van der Waals surface area (Å²) < 4.78 is 0.950. The number of anilines is 2. The van der Waals surface area contributed by atoms with E-state index < -0.39 is 0 Å². The number of carbonyl (C=O) groups excluding carboxylic acids is 1. The van der Waals surface area contributed by atoms with Crippen LogP contribution < -0.4 is 15.5 Å². The second-order valence-corrected chi connectivity index (χ2v) is 7.45. The minimum atomic E-state index is -0.0674. The summed E-state index contributed by atoms with van der Waals surface area (Å²) in [5.74, 6) is -0.0595. The number of aromatic nitrogens is 2. The first-order valence-electron chi connectivity index (χ1n) is 8.40. The molecule has 0 radical (unpaired) electrons. The number of nitrogens with one attached hydrogen (secondary N) is 3. The van der Waals surface area contributed by atoms with Crippen LogP contribution in [0.1, 0.15) is 26.7 Å². The van der Waals surface area contributed by atoms with Crippen molar-refractivity contribution in [1.82, 2.24) is 15.3 Å². The quantitative estimate of drug-likeness (QED) is 0.745. The number of hydrogen-bond acceptors (Lipinski definition) is 4. The lowest BCUT2D eigenvalue weighted by Gasteiger charge is -2.35. The van der Waals surface area contributed by atoms with Crippen LogP contribution in [0, 0.1) is 5.92 Å². The lowest BCUT2D eigenvalue weighted by molar-refractivity contribution is -0.118. The van der Waals surface area contributed by atoms with E-state index in [1.165, 1.54) is 6.42 Å². The van der Waals surface area contributed by atoms with Gasteiger partial charge in [-0.25, -0.2) is 4.98 Å². The highest BCUT2D eigenvalue weighted by Crippen LogP contribution is 2.39. The number of fused-ring (bicyclic) bond motifs is 1. The van der Waals surface area contributed by atoms with Gasteiger partial charge in [0.15, 0.2) is 0 Å². The van der Waals surface area contributed by atoms with Gasteiger partial charge in [-0.1, -0.05) is 13.8 Å². The molecule has 0 aliphatic carbocycles. The third kappa shape index (κ3) is 3.28. The van der Waals surface area contributed by atoms with E-state index in [2.05, 4.69) is 41.4 Å². The highest BCUT2D eigenvalue weighted by Gasteiger charge is 2.24. The Hall–Kier alpha value is -1.60. The summed E-state index contributed by atoms with van der Waals surface area (Å²) in [7, 11) is 2.01. The average Bonchev–Trinajstić information content (AvgIpc) is 2.97. The van der Waals surface area contributed by atoms with E-state index >= 15 is 0 Å². The lowest BCUT2D eigenvalue weighted by Crippen LogP contribution is -2.44. The molecule has 1 unspecified atom stereocenters. The van der Waals surface area contributed by atoms with E-state index in [4.69, 9.17) is 0 Å². The lowest BCUT2D eigenvalue weighted by atomic mass is 10.0. The summed E-state index contributed by atoms with van der Waals surface area (Å²) >= 11 is 3.66. The van der Waals surface area contributed by atoms with E-state index in [0.29, 0.717) is 6.04 Å². The first-order valence-corrected chi connectivity index (χ1v) is 9.19. The van der Waals surface area contributed by atoms with Crippen LogP contribution >= 0.6 is 15.9 Å². The van der Waals surface area contributed by atoms with Gasteiger partial charge in [0.2, 0.25) is 5.91 Å². The minimum Gasteiger partial charge on any atom is -0.368 e. The Bertz CT molecular complexity index is 742. The molecule has 0 bridgehead atoms. The number of halogens is 1. The maximum atomic E-state index is 12.1. The molecule has 1 aliphatic heterocycles. The van der Waals surface area contributed by atoms with Crippen LogP contribution in [0.3, 0.4) is 0 Å². The molecule has 1 amide bonds. The number of pyridine rings is 1. The van der Waals surface area contributed by atoms with Gasteiger partial charge in [0.05, 0.1) is 21.2 Å². The fourth-order valence-electron chi connectivity index (χ4n) is 3.16. The van der Waals surface area contributed by atoms with Crippen LogP contribution in [-0.2, 0) is 4.79 Å². The van der Waals surface area contributed by atoms with Crippen LogP contribution in [-0.4, -0.2) is 42.1 Å². The number of H-pyrrole nitrogens is 1. The predicted octanol–water partition coefficient (Wildman–Crippen LogP) is 3.11. The number of aromatic amines is 1. The first-order chi connectivity index (χ1) is 11.5. The first kappa shape index (κ1) is 17.2. The molecule has 0 spiro atoms. The molecule has 6 nitrogen and oxygen atoms in total. The van der Waals surface area contributed by atoms with Gasteiger partial charge in [-0.2, -0.15) is 0 Å². The third-order valence-electron chi connectivity index (χ3n) is 4.56. The van der Waals surface area contributed by atoms with Gasteiger partial charge in [0.25, 0.3) is 0 Å². The van der Waals surface area contributed by atoms with Crippen molar-refractivity contribution >= 4 is 44.2 Å². The summed E-state index contributed by atoms with van der Waals surface area (Å²) in [5, 5.41) is 7.37. The molecular weight excluding hydrogens is 370 g/mol. The minimum absolute atomic E-state index is 0.00794. The van der Waals surface area contributed by atoms with Crippen molar-refractivity contribution in [2.45, 2.75) is 32.7 Å². The van der Waals surface area contributed by atoms with Gasteiger partial charge in [0.1, 0.15) is 5.65 Å². The van der Waals surface area contributed by atoms with Gasteiger partial charge in [-0.15, -0.1) is 0 Å². The van der Waals surface area contributed by atoms with Gasteiger partial charge in [-0.05, 0) is 35.8 Å². The van der Waals surface area contributed by atoms with Crippen molar-refractivity contribution in [3.8, 4) is 0 Å². The molecule has 0 aromatic carbocycles. The van der Waals surface area contributed by atoms with Gasteiger partial charge >= 0.3 is 0 Å². The summed E-state index contributed by atoms with van der Waals surface area (Å²) in [5.41, 5.74) is 2.68.